The molecule has 0 spiro atoms. The van der Waals surface area contributed by atoms with Crippen molar-refractivity contribution < 1.29 is 32.2 Å². The van der Waals surface area contributed by atoms with Crippen molar-refractivity contribution in [2.24, 2.45) is 0 Å². The molecule has 0 bridgehead atoms. The standard InChI is InChI=1S/C20H29NO7S/c1-5-14(3)21(16-9-10-29(24,25)13-16)19(22)12-28-20(23)15-7-8-17(27-6-2)18(11-15)26-4/h7-8,11,14,16H,5-6,9-10,12-13H2,1-4H3/t14-,16-/m1/s1. The van der Waals surface area contributed by atoms with Crippen molar-refractivity contribution in [1.29, 1.82) is 0 Å². The van der Waals surface area contributed by atoms with E-state index in [9.17, 15) is 18.0 Å². The number of carbonyl (C=O) groups excluding carboxylic acids is 2. The van der Waals surface area contributed by atoms with Crippen LogP contribution < -0.4 is 9.47 Å². The van der Waals surface area contributed by atoms with Gasteiger partial charge in [-0.25, -0.2) is 13.2 Å². The molecular weight excluding hydrogens is 398 g/mol. The molecule has 1 aromatic carbocycles. The fourth-order valence-corrected chi connectivity index (χ4v) is 5.07. The van der Waals surface area contributed by atoms with Crippen molar-refractivity contribution >= 4 is 21.7 Å². The number of carbonyl (C=O) groups is 2. The highest BCUT2D eigenvalue weighted by Gasteiger charge is 2.36. The van der Waals surface area contributed by atoms with E-state index in [1.54, 1.807) is 11.0 Å². The first-order valence-electron chi connectivity index (χ1n) is 9.71. The van der Waals surface area contributed by atoms with E-state index in [0.717, 1.165) is 0 Å². The van der Waals surface area contributed by atoms with Crippen LogP contribution in [-0.4, -0.2) is 69.1 Å². The fraction of sp³-hybridized carbons (Fsp3) is 0.600. The summed E-state index contributed by atoms with van der Waals surface area (Å²) in [6.45, 7) is 5.63. The van der Waals surface area contributed by atoms with E-state index in [2.05, 4.69) is 0 Å². The van der Waals surface area contributed by atoms with E-state index in [-0.39, 0.29) is 29.2 Å². The molecule has 0 unspecified atom stereocenters. The van der Waals surface area contributed by atoms with Crippen molar-refractivity contribution in [2.75, 3.05) is 31.8 Å². The van der Waals surface area contributed by atoms with Crippen LogP contribution in [0, 0.1) is 0 Å². The van der Waals surface area contributed by atoms with Gasteiger partial charge in [-0.05, 0) is 44.9 Å². The lowest BCUT2D eigenvalue weighted by Gasteiger charge is -2.33. The van der Waals surface area contributed by atoms with Crippen LogP contribution in [0.5, 0.6) is 11.5 Å². The van der Waals surface area contributed by atoms with Gasteiger partial charge in [0.15, 0.2) is 27.9 Å². The highest BCUT2D eigenvalue weighted by Crippen LogP contribution is 2.28. The molecule has 1 amide bonds. The SMILES string of the molecule is CCOc1ccc(C(=O)OCC(=O)N([C@@H]2CCS(=O)(=O)C2)[C@H](C)CC)cc1OC. The molecule has 0 aliphatic carbocycles. The number of ether oxygens (including phenoxy) is 3. The normalized spacial score (nSPS) is 18.7. The Balaban J connectivity index is 2.06. The summed E-state index contributed by atoms with van der Waals surface area (Å²) in [5.41, 5.74) is 0.233. The van der Waals surface area contributed by atoms with E-state index in [1.165, 1.54) is 19.2 Å². The number of sulfone groups is 1. The Morgan fingerprint density at radius 2 is 1.97 bits per heavy atom. The van der Waals surface area contributed by atoms with E-state index in [0.29, 0.717) is 30.9 Å². The molecule has 0 N–H and O–H groups in total. The van der Waals surface area contributed by atoms with Crippen LogP contribution in [0.1, 0.15) is 44.0 Å². The van der Waals surface area contributed by atoms with Gasteiger partial charge in [-0.2, -0.15) is 0 Å². The fourth-order valence-electron chi connectivity index (χ4n) is 3.36. The summed E-state index contributed by atoms with van der Waals surface area (Å²) in [5, 5.41) is 0. The number of esters is 1. The summed E-state index contributed by atoms with van der Waals surface area (Å²) in [5.74, 6) is -0.134. The van der Waals surface area contributed by atoms with Gasteiger partial charge in [0.25, 0.3) is 5.91 Å². The average molecular weight is 428 g/mol. The third-order valence-corrected chi connectivity index (χ3v) is 6.73. The second-order valence-corrected chi connectivity index (χ2v) is 9.22. The molecule has 9 heteroatoms. The highest BCUT2D eigenvalue weighted by molar-refractivity contribution is 7.91. The maximum atomic E-state index is 12.7. The topological polar surface area (TPSA) is 99.2 Å². The van der Waals surface area contributed by atoms with Gasteiger partial charge in [0.1, 0.15) is 0 Å². The Morgan fingerprint density at radius 1 is 1.24 bits per heavy atom. The predicted molar refractivity (Wildman–Crippen MR) is 108 cm³/mol. The maximum absolute atomic E-state index is 12.7. The minimum atomic E-state index is -3.13. The van der Waals surface area contributed by atoms with Gasteiger partial charge < -0.3 is 19.1 Å². The van der Waals surface area contributed by atoms with Crippen LogP contribution in [0.15, 0.2) is 18.2 Å². The third-order valence-electron chi connectivity index (χ3n) is 4.98. The Labute approximate surface area is 172 Å². The Bertz CT molecular complexity index is 837. The van der Waals surface area contributed by atoms with Gasteiger partial charge in [-0.3, -0.25) is 4.79 Å². The largest absolute Gasteiger partial charge is 0.493 e. The Hall–Kier alpha value is -2.29. The van der Waals surface area contributed by atoms with Crippen LogP contribution in [0.4, 0.5) is 0 Å². The quantitative estimate of drug-likeness (QED) is 0.556. The van der Waals surface area contributed by atoms with Gasteiger partial charge in [-0.15, -0.1) is 0 Å². The third kappa shape index (κ3) is 5.85. The van der Waals surface area contributed by atoms with Crippen molar-refractivity contribution in [3.8, 4) is 11.5 Å². The molecule has 1 fully saturated rings. The molecule has 8 nitrogen and oxygen atoms in total. The summed E-state index contributed by atoms with van der Waals surface area (Å²) in [7, 11) is -1.67. The predicted octanol–water partition coefficient (Wildman–Crippen LogP) is 2.06. The lowest BCUT2D eigenvalue weighted by molar-refractivity contribution is -0.138. The first-order valence-corrected chi connectivity index (χ1v) is 11.5. The molecule has 0 radical (unpaired) electrons. The lowest BCUT2D eigenvalue weighted by Crippen LogP contribution is -2.48. The number of hydrogen-bond donors (Lipinski definition) is 0. The number of hydrogen-bond acceptors (Lipinski definition) is 7. The van der Waals surface area contributed by atoms with Gasteiger partial charge in [0, 0.05) is 12.1 Å². The summed E-state index contributed by atoms with van der Waals surface area (Å²) in [4.78, 5) is 26.7. The van der Waals surface area contributed by atoms with E-state index in [1.807, 2.05) is 20.8 Å². The number of rotatable bonds is 9. The van der Waals surface area contributed by atoms with E-state index < -0.39 is 28.3 Å². The minimum absolute atomic E-state index is 0.0485. The zero-order valence-corrected chi connectivity index (χ0v) is 18.2. The van der Waals surface area contributed by atoms with Gasteiger partial charge in [-0.1, -0.05) is 6.92 Å². The summed E-state index contributed by atoms with van der Waals surface area (Å²) >= 11 is 0. The molecule has 1 aliphatic rings. The molecule has 1 heterocycles. The molecule has 1 saturated heterocycles. The molecule has 162 valence electrons. The van der Waals surface area contributed by atoms with Crippen molar-refractivity contribution in [2.45, 2.75) is 45.7 Å². The van der Waals surface area contributed by atoms with Gasteiger partial charge in [0.2, 0.25) is 0 Å². The molecule has 29 heavy (non-hydrogen) atoms. The summed E-state index contributed by atoms with van der Waals surface area (Å²) in [6, 6.07) is 4.11. The number of methoxy groups -OCH3 is 1. The zero-order chi connectivity index (χ0) is 21.6. The van der Waals surface area contributed by atoms with Crippen LogP contribution in [0.2, 0.25) is 0 Å². The number of nitrogens with zero attached hydrogens (tertiary/aromatic N) is 1. The lowest BCUT2D eigenvalue weighted by atomic mass is 10.1. The molecule has 0 saturated carbocycles. The van der Waals surface area contributed by atoms with Crippen LogP contribution in [0.25, 0.3) is 0 Å². The van der Waals surface area contributed by atoms with Crippen molar-refractivity contribution in [3.05, 3.63) is 23.8 Å². The van der Waals surface area contributed by atoms with E-state index in [4.69, 9.17) is 14.2 Å². The molecular formula is C20H29NO7S. The number of benzene rings is 1. The first kappa shape index (κ1) is 23.0. The van der Waals surface area contributed by atoms with Gasteiger partial charge >= 0.3 is 5.97 Å². The molecule has 2 rings (SSSR count). The molecule has 1 aromatic rings. The molecule has 2 atom stereocenters. The molecule has 0 aromatic heterocycles. The molecule has 1 aliphatic heterocycles. The van der Waals surface area contributed by atoms with Gasteiger partial charge in [0.05, 0.1) is 30.8 Å². The van der Waals surface area contributed by atoms with E-state index >= 15 is 0 Å². The van der Waals surface area contributed by atoms with Crippen molar-refractivity contribution in [3.63, 3.8) is 0 Å². The van der Waals surface area contributed by atoms with Crippen molar-refractivity contribution in [1.82, 2.24) is 4.90 Å². The second-order valence-electron chi connectivity index (χ2n) is 6.99. The monoisotopic (exact) mass is 427 g/mol. The Kier molecular flexibility index (Phi) is 7.89. The zero-order valence-electron chi connectivity index (χ0n) is 17.3. The highest BCUT2D eigenvalue weighted by atomic mass is 32.2. The van der Waals surface area contributed by atoms with Crippen LogP contribution >= 0.6 is 0 Å². The maximum Gasteiger partial charge on any atom is 0.338 e. The smallest absolute Gasteiger partial charge is 0.338 e. The van der Waals surface area contributed by atoms with Crippen LogP contribution in [0.3, 0.4) is 0 Å². The van der Waals surface area contributed by atoms with Crippen LogP contribution in [-0.2, 0) is 19.4 Å². The number of amides is 1. The average Bonchev–Trinajstić information content (AvgIpc) is 3.05. The summed E-state index contributed by atoms with van der Waals surface area (Å²) < 4.78 is 39.5. The summed E-state index contributed by atoms with van der Waals surface area (Å²) in [6.07, 6.45) is 1.08. The second kappa shape index (κ2) is 9.96. The minimum Gasteiger partial charge on any atom is -0.493 e. The first-order chi connectivity index (χ1) is 13.7. The Morgan fingerprint density at radius 3 is 2.52 bits per heavy atom.